The molecule has 21 heavy (non-hydrogen) atoms. The number of aliphatic hydroxyl groups excluding tert-OH is 1. The standard InChI is InChI=1S/C15H19NO5/c1-8-3-4-9(5-13(8)21-2)15(20)16-11-7-12(17)10(11)6-14(18)19/h3-5,10-12,17H,6-7H2,1-2H3,(H,16,20)(H,18,19)/t10-,11+,12-/m0/s1. The van der Waals surface area contributed by atoms with Gasteiger partial charge in [0.15, 0.2) is 0 Å². The van der Waals surface area contributed by atoms with Gasteiger partial charge in [-0.05, 0) is 31.0 Å². The van der Waals surface area contributed by atoms with Crippen molar-refractivity contribution in [2.75, 3.05) is 7.11 Å². The van der Waals surface area contributed by atoms with Crippen molar-refractivity contribution in [3.8, 4) is 5.75 Å². The summed E-state index contributed by atoms with van der Waals surface area (Å²) in [6.07, 6.45) is -0.435. The number of carboxylic acids is 1. The van der Waals surface area contributed by atoms with Crippen LogP contribution in [-0.4, -0.2) is 41.3 Å². The molecule has 0 spiro atoms. The van der Waals surface area contributed by atoms with E-state index in [9.17, 15) is 14.7 Å². The molecule has 1 saturated carbocycles. The van der Waals surface area contributed by atoms with Crippen LogP contribution in [0.3, 0.4) is 0 Å². The quantitative estimate of drug-likeness (QED) is 0.751. The molecule has 1 aliphatic rings. The third-order valence-corrected chi connectivity index (χ3v) is 3.90. The zero-order valence-corrected chi connectivity index (χ0v) is 12.0. The van der Waals surface area contributed by atoms with Crippen molar-refractivity contribution in [1.82, 2.24) is 5.32 Å². The number of carbonyl (C=O) groups excluding carboxylic acids is 1. The number of hydrogen-bond donors (Lipinski definition) is 3. The van der Waals surface area contributed by atoms with Crippen LogP contribution in [0.15, 0.2) is 18.2 Å². The van der Waals surface area contributed by atoms with Crippen LogP contribution in [0, 0.1) is 12.8 Å². The molecule has 114 valence electrons. The minimum atomic E-state index is -0.977. The van der Waals surface area contributed by atoms with Crippen LogP contribution in [0.5, 0.6) is 5.75 Å². The van der Waals surface area contributed by atoms with Crippen molar-refractivity contribution < 1.29 is 24.5 Å². The van der Waals surface area contributed by atoms with Crippen molar-refractivity contribution in [3.05, 3.63) is 29.3 Å². The zero-order chi connectivity index (χ0) is 15.6. The second-order valence-corrected chi connectivity index (χ2v) is 5.33. The van der Waals surface area contributed by atoms with Gasteiger partial charge in [-0.2, -0.15) is 0 Å². The highest BCUT2D eigenvalue weighted by Gasteiger charge is 2.42. The Morgan fingerprint density at radius 3 is 2.71 bits per heavy atom. The molecule has 0 unspecified atom stereocenters. The van der Waals surface area contributed by atoms with E-state index in [0.29, 0.717) is 17.7 Å². The Hall–Kier alpha value is -2.08. The summed E-state index contributed by atoms with van der Waals surface area (Å²) in [4.78, 5) is 22.9. The lowest BCUT2D eigenvalue weighted by molar-refractivity contribution is -0.141. The van der Waals surface area contributed by atoms with Crippen LogP contribution in [0.25, 0.3) is 0 Å². The molecule has 0 heterocycles. The normalized spacial score (nSPS) is 24.0. The molecule has 0 aliphatic heterocycles. The molecule has 3 N–H and O–H groups in total. The fraction of sp³-hybridized carbons (Fsp3) is 0.467. The van der Waals surface area contributed by atoms with Gasteiger partial charge in [0.25, 0.3) is 5.91 Å². The van der Waals surface area contributed by atoms with E-state index < -0.39 is 18.0 Å². The second-order valence-electron chi connectivity index (χ2n) is 5.33. The van der Waals surface area contributed by atoms with Crippen LogP contribution in [0.1, 0.15) is 28.8 Å². The molecule has 0 aromatic heterocycles. The van der Waals surface area contributed by atoms with E-state index in [1.807, 2.05) is 6.92 Å². The van der Waals surface area contributed by atoms with Crippen LogP contribution < -0.4 is 10.1 Å². The Balaban J connectivity index is 2.03. The number of carboxylic acid groups (broad SMARTS) is 1. The summed E-state index contributed by atoms with van der Waals surface area (Å²) in [6, 6.07) is 4.81. The molecular weight excluding hydrogens is 274 g/mol. The van der Waals surface area contributed by atoms with Gasteiger partial charge in [-0.1, -0.05) is 6.07 Å². The van der Waals surface area contributed by atoms with Gasteiger partial charge in [0, 0.05) is 17.5 Å². The van der Waals surface area contributed by atoms with Crippen molar-refractivity contribution >= 4 is 11.9 Å². The van der Waals surface area contributed by atoms with E-state index in [0.717, 1.165) is 5.56 Å². The predicted molar refractivity (Wildman–Crippen MR) is 75.4 cm³/mol. The van der Waals surface area contributed by atoms with Crippen molar-refractivity contribution in [1.29, 1.82) is 0 Å². The van der Waals surface area contributed by atoms with Gasteiger partial charge in [-0.25, -0.2) is 0 Å². The topological polar surface area (TPSA) is 95.9 Å². The number of aliphatic carboxylic acids is 1. The van der Waals surface area contributed by atoms with E-state index in [4.69, 9.17) is 9.84 Å². The maximum absolute atomic E-state index is 12.2. The predicted octanol–water partition coefficient (Wildman–Crippen LogP) is 0.958. The molecule has 3 atom stereocenters. The second kappa shape index (κ2) is 6.13. The minimum Gasteiger partial charge on any atom is -0.496 e. The van der Waals surface area contributed by atoms with E-state index in [-0.39, 0.29) is 18.4 Å². The highest BCUT2D eigenvalue weighted by atomic mass is 16.5. The largest absolute Gasteiger partial charge is 0.496 e. The molecule has 0 saturated heterocycles. The first-order chi connectivity index (χ1) is 9.92. The maximum atomic E-state index is 12.2. The number of aliphatic hydroxyl groups is 1. The molecule has 6 nitrogen and oxygen atoms in total. The Bertz CT molecular complexity index is 557. The summed E-state index contributed by atoms with van der Waals surface area (Å²) in [5.41, 5.74) is 1.38. The van der Waals surface area contributed by atoms with Crippen molar-refractivity contribution in [2.45, 2.75) is 31.9 Å². The van der Waals surface area contributed by atoms with E-state index in [2.05, 4.69) is 5.32 Å². The van der Waals surface area contributed by atoms with Gasteiger partial charge in [0.05, 0.1) is 19.6 Å². The number of carbonyl (C=O) groups is 2. The SMILES string of the molecule is COc1cc(C(=O)N[C@@H]2C[C@H](O)[C@H]2CC(=O)O)ccc1C. The number of hydrogen-bond acceptors (Lipinski definition) is 4. The monoisotopic (exact) mass is 293 g/mol. The molecular formula is C15H19NO5. The van der Waals surface area contributed by atoms with Gasteiger partial charge >= 0.3 is 5.97 Å². The molecule has 1 fully saturated rings. The van der Waals surface area contributed by atoms with Gasteiger partial charge in [0.1, 0.15) is 5.75 Å². The number of methoxy groups -OCH3 is 1. The summed E-state index contributed by atoms with van der Waals surface area (Å²) >= 11 is 0. The smallest absolute Gasteiger partial charge is 0.303 e. The van der Waals surface area contributed by atoms with Gasteiger partial charge in [0.2, 0.25) is 0 Å². The summed E-state index contributed by atoms with van der Waals surface area (Å²) in [6.45, 7) is 1.88. The van der Waals surface area contributed by atoms with Gasteiger partial charge in [-0.15, -0.1) is 0 Å². The highest BCUT2D eigenvalue weighted by molar-refractivity contribution is 5.95. The molecule has 1 aromatic rings. The lowest BCUT2D eigenvalue weighted by atomic mass is 9.74. The van der Waals surface area contributed by atoms with Crippen LogP contribution in [-0.2, 0) is 4.79 Å². The Kier molecular flexibility index (Phi) is 4.47. The van der Waals surface area contributed by atoms with E-state index >= 15 is 0 Å². The molecule has 1 aliphatic carbocycles. The van der Waals surface area contributed by atoms with Crippen LogP contribution >= 0.6 is 0 Å². The van der Waals surface area contributed by atoms with Crippen molar-refractivity contribution in [3.63, 3.8) is 0 Å². The average molecular weight is 293 g/mol. The Morgan fingerprint density at radius 2 is 2.14 bits per heavy atom. The third-order valence-electron chi connectivity index (χ3n) is 3.90. The van der Waals surface area contributed by atoms with Crippen molar-refractivity contribution in [2.24, 2.45) is 5.92 Å². The zero-order valence-electron chi connectivity index (χ0n) is 12.0. The highest BCUT2D eigenvalue weighted by Crippen LogP contribution is 2.31. The molecule has 6 heteroatoms. The number of benzene rings is 1. The fourth-order valence-electron chi connectivity index (χ4n) is 2.54. The first-order valence-electron chi connectivity index (χ1n) is 6.77. The fourth-order valence-corrected chi connectivity index (χ4v) is 2.54. The summed E-state index contributed by atoms with van der Waals surface area (Å²) < 4.78 is 5.17. The van der Waals surface area contributed by atoms with E-state index in [1.54, 1.807) is 18.2 Å². The third kappa shape index (κ3) is 3.33. The first kappa shape index (κ1) is 15.3. The molecule has 0 bridgehead atoms. The molecule has 2 rings (SSSR count). The minimum absolute atomic E-state index is 0.149. The molecule has 0 radical (unpaired) electrons. The number of amides is 1. The molecule has 1 amide bonds. The van der Waals surface area contributed by atoms with Crippen LogP contribution in [0.4, 0.5) is 0 Å². The summed E-state index contributed by atoms with van der Waals surface area (Å²) in [5.74, 6) is -1.08. The first-order valence-corrected chi connectivity index (χ1v) is 6.77. The lowest BCUT2D eigenvalue weighted by Gasteiger charge is -2.41. The Labute approximate surface area is 122 Å². The number of aryl methyl sites for hydroxylation is 1. The summed E-state index contributed by atoms with van der Waals surface area (Å²) in [7, 11) is 1.54. The molecule has 1 aromatic carbocycles. The Morgan fingerprint density at radius 1 is 1.43 bits per heavy atom. The van der Waals surface area contributed by atoms with Crippen LogP contribution in [0.2, 0.25) is 0 Å². The van der Waals surface area contributed by atoms with E-state index in [1.165, 1.54) is 7.11 Å². The number of nitrogens with one attached hydrogen (secondary N) is 1. The number of rotatable bonds is 5. The van der Waals surface area contributed by atoms with Gasteiger partial charge in [-0.3, -0.25) is 9.59 Å². The van der Waals surface area contributed by atoms with Gasteiger partial charge < -0.3 is 20.3 Å². The maximum Gasteiger partial charge on any atom is 0.303 e. The lowest BCUT2D eigenvalue weighted by Crippen LogP contribution is -2.55. The number of ether oxygens (including phenoxy) is 1. The average Bonchev–Trinajstić information content (AvgIpc) is 2.44. The summed E-state index contributed by atoms with van der Waals surface area (Å²) in [5, 5.41) is 21.2.